The van der Waals surface area contributed by atoms with Gasteiger partial charge in [-0.15, -0.1) is 0 Å². The third-order valence-corrected chi connectivity index (χ3v) is 6.11. The number of nitrogens with zero attached hydrogens (tertiary/aromatic N) is 5. The minimum Gasteiger partial charge on any atom is -0.384 e. The number of Topliss-reactive ketones (excluding diaryl/α,β-unsaturated/α-hetero) is 1. The summed E-state index contributed by atoms with van der Waals surface area (Å²) >= 11 is 0. The number of nitrogens with two attached hydrogens (primary N) is 1. The number of ketones is 1. The average molecular weight is 434 g/mol. The van der Waals surface area contributed by atoms with E-state index in [0.717, 1.165) is 18.7 Å². The fourth-order valence-corrected chi connectivity index (χ4v) is 4.54. The molecule has 2 bridgehead atoms. The van der Waals surface area contributed by atoms with Crippen LogP contribution >= 0.6 is 0 Å². The Morgan fingerprint density at radius 3 is 2.58 bits per heavy atom. The van der Waals surface area contributed by atoms with Crippen LogP contribution in [-0.4, -0.2) is 59.6 Å². The standard InChI is InChI=1S/C20H21F3N6O2/c21-20(22,23)14-7-17(24)25-9-13(14)15-8-18(28-1-3-31-4-2-28)27-19(26-15)29-10-11-5-12(29)6-16(11)30/h7-9,11-12H,1-6,10H2,(H2,24,25)/t11-,12-/m1/s1. The molecule has 2 aromatic rings. The minimum absolute atomic E-state index is 0.0167. The van der Waals surface area contributed by atoms with Gasteiger partial charge in [-0.2, -0.15) is 18.2 Å². The quantitative estimate of drug-likeness (QED) is 0.785. The van der Waals surface area contributed by atoms with Crippen LogP contribution in [0.3, 0.4) is 0 Å². The maximum Gasteiger partial charge on any atom is 0.417 e. The molecular formula is C20H21F3N6O2. The Morgan fingerprint density at radius 1 is 1.16 bits per heavy atom. The van der Waals surface area contributed by atoms with Gasteiger partial charge in [0.2, 0.25) is 5.95 Å². The second-order valence-corrected chi connectivity index (χ2v) is 8.07. The van der Waals surface area contributed by atoms with Crippen LogP contribution in [0.2, 0.25) is 0 Å². The molecule has 5 rings (SSSR count). The van der Waals surface area contributed by atoms with E-state index in [1.807, 2.05) is 9.80 Å². The number of carbonyl (C=O) groups excluding carboxylic acids is 1. The lowest BCUT2D eigenvalue weighted by molar-refractivity contribution is -0.137. The average Bonchev–Trinajstić information content (AvgIpc) is 3.33. The molecule has 0 aromatic carbocycles. The first-order valence-corrected chi connectivity index (χ1v) is 10.1. The Hall–Kier alpha value is -2.95. The largest absolute Gasteiger partial charge is 0.417 e. The molecule has 1 aliphatic carbocycles. The highest BCUT2D eigenvalue weighted by molar-refractivity contribution is 5.87. The summed E-state index contributed by atoms with van der Waals surface area (Å²) in [6, 6.07) is 2.36. The van der Waals surface area contributed by atoms with E-state index in [1.165, 1.54) is 0 Å². The van der Waals surface area contributed by atoms with Gasteiger partial charge in [0, 0.05) is 55.8 Å². The van der Waals surface area contributed by atoms with Gasteiger partial charge < -0.3 is 20.3 Å². The lowest BCUT2D eigenvalue weighted by atomic mass is 10.1. The number of fused-ring (bicyclic) bond motifs is 2. The van der Waals surface area contributed by atoms with E-state index < -0.39 is 11.7 Å². The van der Waals surface area contributed by atoms with Gasteiger partial charge in [0.1, 0.15) is 17.4 Å². The molecule has 31 heavy (non-hydrogen) atoms. The van der Waals surface area contributed by atoms with Crippen LogP contribution < -0.4 is 15.5 Å². The monoisotopic (exact) mass is 434 g/mol. The van der Waals surface area contributed by atoms with Crippen LogP contribution in [-0.2, 0) is 15.7 Å². The van der Waals surface area contributed by atoms with Crippen molar-refractivity contribution >= 4 is 23.4 Å². The molecule has 4 heterocycles. The highest BCUT2D eigenvalue weighted by atomic mass is 19.4. The molecule has 0 radical (unpaired) electrons. The van der Waals surface area contributed by atoms with Gasteiger partial charge >= 0.3 is 6.18 Å². The number of carbonyl (C=O) groups is 1. The highest BCUT2D eigenvalue weighted by Gasteiger charge is 2.45. The van der Waals surface area contributed by atoms with Crippen molar-refractivity contribution in [3.8, 4) is 11.3 Å². The van der Waals surface area contributed by atoms with Gasteiger partial charge in [-0.1, -0.05) is 0 Å². The Morgan fingerprint density at radius 2 is 1.94 bits per heavy atom. The lowest BCUT2D eigenvalue weighted by Crippen LogP contribution is -2.39. The summed E-state index contributed by atoms with van der Waals surface area (Å²) in [5.74, 6) is 0.821. The number of nitrogen functional groups attached to an aromatic ring is 1. The van der Waals surface area contributed by atoms with Crippen LogP contribution in [0.4, 0.5) is 30.8 Å². The molecule has 2 saturated heterocycles. The van der Waals surface area contributed by atoms with Crippen LogP contribution in [0.15, 0.2) is 18.3 Å². The first-order chi connectivity index (χ1) is 14.8. The molecule has 1 saturated carbocycles. The summed E-state index contributed by atoms with van der Waals surface area (Å²) in [6.07, 6.45) is -2.36. The summed E-state index contributed by atoms with van der Waals surface area (Å²) in [5.41, 5.74) is 4.61. The van der Waals surface area contributed by atoms with Gasteiger partial charge in [-0.25, -0.2) is 9.97 Å². The molecule has 164 valence electrons. The summed E-state index contributed by atoms with van der Waals surface area (Å²) in [4.78, 5) is 28.9. The molecular weight excluding hydrogens is 413 g/mol. The number of ether oxygens (including phenoxy) is 1. The molecule has 8 nitrogen and oxygen atoms in total. The fraction of sp³-hybridized carbons (Fsp3) is 0.500. The van der Waals surface area contributed by atoms with Crippen molar-refractivity contribution in [1.82, 2.24) is 15.0 Å². The zero-order valence-electron chi connectivity index (χ0n) is 16.6. The first kappa shape index (κ1) is 20.0. The SMILES string of the molecule is Nc1cc(C(F)(F)F)c(-c2cc(N3CCOCC3)nc(N3C[C@H]4C[C@@H]3CC4=O)n2)cn1. The molecule has 2 atom stereocenters. The number of rotatable bonds is 3. The number of pyridine rings is 1. The van der Waals surface area contributed by atoms with Crippen LogP contribution in [0.25, 0.3) is 11.3 Å². The molecule has 2 N–H and O–H groups in total. The topological polar surface area (TPSA) is 97.5 Å². The number of alkyl halides is 3. The van der Waals surface area contributed by atoms with Gasteiger partial charge in [0.15, 0.2) is 0 Å². The van der Waals surface area contributed by atoms with Crippen molar-refractivity contribution in [1.29, 1.82) is 0 Å². The lowest BCUT2D eigenvalue weighted by Gasteiger charge is -2.31. The van der Waals surface area contributed by atoms with E-state index in [0.29, 0.717) is 51.0 Å². The maximum absolute atomic E-state index is 13.7. The molecule has 0 spiro atoms. The smallest absolute Gasteiger partial charge is 0.384 e. The van der Waals surface area contributed by atoms with Crippen molar-refractivity contribution in [3.63, 3.8) is 0 Å². The Bertz CT molecular complexity index is 1020. The number of morpholine rings is 1. The number of halogens is 3. The van der Waals surface area contributed by atoms with E-state index in [2.05, 4.69) is 15.0 Å². The van der Waals surface area contributed by atoms with Gasteiger partial charge in [-0.05, 0) is 12.5 Å². The van der Waals surface area contributed by atoms with Crippen molar-refractivity contribution in [2.75, 3.05) is 48.4 Å². The third-order valence-electron chi connectivity index (χ3n) is 6.11. The number of aromatic nitrogens is 3. The van der Waals surface area contributed by atoms with Gasteiger partial charge in [-0.3, -0.25) is 4.79 Å². The molecule has 3 fully saturated rings. The summed E-state index contributed by atoms with van der Waals surface area (Å²) in [7, 11) is 0. The first-order valence-electron chi connectivity index (χ1n) is 10.1. The van der Waals surface area contributed by atoms with Gasteiger partial charge in [0.05, 0.1) is 24.5 Å². The Labute approximate surface area is 176 Å². The highest BCUT2D eigenvalue weighted by Crippen LogP contribution is 2.40. The van der Waals surface area contributed by atoms with E-state index in [1.54, 1.807) is 6.07 Å². The maximum atomic E-state index is 13.7. The van der Waals surface area contributed by atoms with Crippen molar-refractivity contribution in [3.05, 3.63) is 23.9 Å². The zero-order valence-corrected chi connectivity index (χ0v) is 16.6. The second kappa shape index (κ2) is 7.33. The number of anilines is 3. The van der Waals surface area contributed by atoms with E-state index in [-0.39, 0.29) is 34.8 Å². The minimum atomic E-state index is -4.62. The number of piperidine rings is 1. The van der Waals surface area contributed by atoms with Crippen LogP contribution in [0.5, 0.6) is 0 Å². The second-order valence-electron chi connectivity index (χ2n) is 8.07. The van der Waals surface area contributed by atoms with Crippen LogP contribution in [0, 0.1) is 5.92 Å². The zero-order chi connectivity index (χ0) is 21.8. The molecule has 2 aromatic heterocycles. The molecule has 2 aliphatic heterocycles. The van der Waals surface area contributed by atoms with E-state index in [4.69, 9.17) is 10.5 Å². The fourth-order valence-electron chi connectivity index (χ4n) is 4.54. The Kier molecular flexibility index (Phi) is 4.72. The molecule has 3 aliphatic rings. The Balaban J connectivity index is 1.61. The molecule has 11 heteroatoms. The molecule has 0 amide bonds. The van der Waals surface area contributed by atoms with E-state index in [9.17, 15) is 18.0 Å². The number of hydrogen-bond donors (Lipinski definition) is 1. The number of hydrogen-bond acceptors (Lipinski definition) is 8. The predicted molar refractivity (Wildman–Crippen MR) is 107 cm³/mol. The van der Waals surface area contributed by atoms with Crippen molar-refractivity contribution in [2.45, 2.75) is 25.1 Å². The van der Waals surface area contributed by atoms with Crippen LogP contribution in [0.1, 0.15) is 18.4 Å². The predicted octanol–water partition coefficient (Wildman–Crippen LogP) is 2.14. The summed E-state index contributed by atoms with van der Waals surface area (Å²) in [6.45, 7) is 2.66. The molecule has 0 unspecified atom stereocenters. The third kappa shape index (κ3) is 3.67. The summed E-state index contributed by atoms with van der Waals surface area (Å²) < 4.78 is 46.6. The summed E-state index contributed by atoms with van der Waals surface area (Å²) in [5, 5.41) is 0. The van der Waals surface area contributed by atoms with Crippen molar-refractivity contribution < 1.29 is 22.7 Å². The van der Waals surface area contributed by atoms with Gasteiger partial charge in [0.25, 0.3) is 0 Å². The normalized spacial score (nSPS) is 23.6. The van der Waals surface area contributed by atoms with Crippen molar-refractivity contribution in [2.24, 2.45) is 5.92 Å². The van der Waals surface area contributed by atoms with E-state index >= 15 is 0 Å².